The Bertz CT molecular complexity index is 685. The number of halogens is 1. The highest BCUT2D eigenvalue weighted by Gasteiger charge is 2.33. The van der Waals surface area contributed by atoms with E-state index in [9.17, 15) is 8.42 Å². The third-order valence-corrected chi connectivity index (χ3v) is 6.65. The van der Waals surface area contributed by atoms with Gasteiger partial charge in [0.05, 0.1) is 11.5 Å². The summed E-state index contributed by atoms with van der Waals surface area (Å²) in [5.41, 5.74) is 2.11. The molecule has 0 unspecified atom stereocenters. The van der Waals surface area contributed by atoms with Crippen molar-refractivity contribution in [3.05, 3.63) is 23.8 Å². The van der Waals surface area contributed by atoms with Crippen LogP contribution in [-0.4, -0.2) is 55.4 Å². The summed E-state index contributed by atoms with van der Waals surface area (Å²) in [6.45, 7) is 3.72. The van der Waals surface area contributed by atoms with E-state index in [0.717, 1.165) is 44.6 Å². The molecule has 0 saturated carbocycles. The fraction of sp³-hybridized carbons (Fsp3) is 0.647. The molecule has 2 aliphatic heterocycles. The summed E-state index contributed by atoms with van der Waals surface area (Å²) in [5.74, 6) is 0. The number of likely N-dealkylation sites (N-methyl/N-ethyl adjacent to an activating group) is 1. The van der Waals surface area contributed by atoms with Gasteiger partial charge >= 0.3 is 0 Å². The zero-order chi connectivity index (χ0) is 17.2. The molecular formula is C17H28ClN3O3S. The third kappa shape index (κ3) is 4.46. The second kappa shape index (κ2) is 8.22. The summed E-state index contributed by atoms with van der Waals surface area (Å²) in [4.78, 5) is 2.45. The largest absolute Gasteiger partial charge is 0.384 e. The molecule has 3 rings (SSSR count). The number of hydrogen-bond acceptors (Lipinski definition) is 5. The van der Waals surface area contributed by atoms with Gasteiger partial charge in [0.1, 0.15) is 0 Å². The molecule has 2 N–H and O–H groups in total. The number of benzene rings is 1. The van der Waals surface area contributed by atoms with Gasteiger partial charge in [-0.2, -0.15) is 0 Å². The van der Waals surface area contributed by atoms with Crippen molar-refractivity contribution in [2.75, 3.05) is 51.8 Å². The normalized spacial score (nSPS) is 19.4. The highest BCUT2D eigenvalue weighted by molar-refractivity contribution is 7.89. The molecule has 8 heteroatoms. The van der Waals surface area contributed by atoms with E-state index in [4.69, 9.17) is 4.74 Å². The van der Waals surface area contributed by atoms with Crippen LogP contribution in [0.4, 0.5) is 5.69 Å². The van der Waals surface area contributed by atoms with Crippen molar-refractivity contribution >= 4 is 28.1 Å². The number of rotatable bonds is 6. The van der Waals surface area contributed by atoms with Gasteiger partial charge in [0.2, 0.25) is 10.0 Å². The molecule has 2 aliphatic rings. The smallest absolute Gasteiger partial charge is 0.240 e. The Labute approximate surface area is 156 Å². The number of piperidine rings is 1. The van der Waals surface area contributed by atoms with Crippen molar-refractivity contribution in [1.82, 2.24) is 10.0 Å². The molecule has 1 fully saturated rings. The second-order valence-corrected chi connectivity index (χ2v) is 8.74. The van der Waals surface area contributed by atoms with Crippen molar-refractivity contribution in [3.8, 4) is 0 Å². The van der Waals surface area contributed by atoms with E-state index in [-0.39, 0.29) is 17.8 Å². The zero-order valence-corrected chi connectivity index (χ0v) is 16.5. The Morgan fingerprint density at radius 2 is 2.04 bits per heavy atom. The SMILES string of the molecule is COCC1(CNS(=O)(=O)c2ccc3c(c2)N(C)CC3)CCNCC1.Cl. The van der Waals surface area contributed by atoms with Crippen molar-refractivity contribution < 1.29 is 13.2 Å². The van der Waals surface area contributed by atoms with Crippen LogP contribution >= 0.6 is 12.4 Å². The molecule has 1 aromatic rings. The lowest BCUT2D eigenvalue weighted by atomic mass is 9.80. The molecule has 0 aliphatic carbocycles. The summed E-state index contributed by atoms with van der Waals surface area (Å²) in [6, 6.07) is 5.44. The van der Waals surface area contributed by atoms with Gasteiger partial charge in [-0.25, -0.2) is 13.1 Å². The number of sulfonamides is 1. The highest BCUT2D eigenvalue weighted by atomic mass is 35.5. The summed E-state index contributed by atoms with van der Waals surface area (Å²) in [6.07, 6.45) is 2.80. The van der Waals surface area contributed by atoms with Gasteiger partial charge in [-0.3, -0.25) is 0 Å². The Hall–Kier alpha value is -0.860. The van der Waals surface area contributed by atoms with Gasteiger partial charge < -0.3 is 15.0 Å². The molecule has 1 saturated heterocycles. The molecule has 25 heavy (non-hydrogen) atoms. The number of hydrogen-bond donors (Lipinski definition) is 2. The maximum Gasteiger partial charge on any atom is 0.240 e. The van der Waals surface area contributed by atoms with Crippen LogP contribution in [0.25, 0.3) is 0 Å². The molecule has 6 nitrogen and oxygen atoms in total. The highest BCUT2D eigenvalue weighted by Crippen LogP contribution is 2.31. The molecule has 0 atom stereocenters. The van der Waals surface area contributed by atoms with Gasteiger partial charge in [-0.1, -0.05) is 6.07 Å². The zero-order valence-electron chi connectivity index (χ0n) is 14.9. The minimum atomic E-state index is -3.51. The Morgan fingerprint density at radius 3 is 2.72 bits per heavy atom. The lowest BCUT2D eigenvalue weighted by Gasteiger charge is -2.37. The molecule has 0 amide bonds. The molecule has 0 aromatic heterocycles. The molecule has 0 bridgehead atoms. The first kappa shape index (κ1) is 20.5. The Kier molecular flexibility index (Phi) is 6.73. The van der Waals surface area contributed by atoms with E-state index < -0.39 is 10.0 Å². The quantitative estimate of drug-likeness (QED) is 0.769. The van der Waals surface area contributed by atoms with Crippen molar-refractivity contribution in [2.45, 2.75) is 24.2 Å². The van der Waals surface area contributed by atoms with Gasteiger partial charge in [-0.05, 0) is 50.0 Å². The van der Waals surface area contributed by atoms with Crippen LogP contribution in [0.3, 0.4) is 0 Å². The predicted octanol–water partition coefficient (Wildman–Crippen LogP) is 1.40. The topological polar surface area (TPSA) is 70.7 Å². The lowest BCUT2D eigenvalue weighted by molar-refractivity contribution is 0.0577. The van der Waals surface area contributed by atoms with Crippen LogP contribution < -0.4 is 14.9 Å². The Morgan fingerprint density at radius 1 is 1.32 bits per heavy atom. The lowest BCUT2D eigenvalue weighted by Crippen LogP contribution is -2.47. The first-order valence-corrected chi connectivity index (χ1v) is 9.98. The van der Waals surface area contributed by atoms with Crippen LogP contribution in [0.1, 0.15) is 18.4 Å². The standard InChI is InChI=1S/C17H27N3O3S.ClH/c1-20-10-5-14-3-4-15(11-16(14)20)24(21,22)19-12-17(13-23-2)6-8-18-9-7-17;/h3-4,11,18-19H,5-10,12-13H2,1-2H3;1H. The van der Waals surface area contributed by atoms with E-state index in [1.165, 1.54) is 5.56 Å². The summed E-state index contributed by atoms with van der Waals surface area (Å²) in [5, 5.41) is 3.32. The number of nitrogens with one attached hydrogen (secondary N) is 2. The van der Waals surface area contributed by atoms with Crippen molar-refractivity contribution in [1.29, 1.82) is 0 Å². The van der Waals surface area contributed by atoms with Gasteiger partial charge in [-0.15, -0.1) is 12.4 Å². The maximum atomic E-state index is 12.7. The molecular weight excluding hydrogens is 362 g/mol. The average molecular weight is 390 g/mol. The van der Waals surface area contributed by atoms with Gasteiger partial charge in [0.15, 0.2) is 0 Å². The van der Waals surface area contributed by atoms with E-state index >= 15 is 0 Å². The van der Waals surface area contributed by atoms with Crippen molar-refractivity contribution in [3.63, 3.8) is 0 Å². The van der Waals surface area contributed by atoms with Gasteiger partial charge in [0, 0.05) is 38.3 Å². The maximum absolute atomic E-state index is 12.7. The predicted molar refractivity (Wildman–Crippen MR) is 102 cm³/mol. The third-order valence-electron chi connectivity index (χ3n) is 5.25. The summed E-state index contributed by atoms with van der Waals surface area (Å²) >= 11 is 0. The Balaban J connectivity index is 0.00000225. The molecule has 1 aromatic carbocycles. The fourth-order valence-corrected chi connectivity index (χ4v) is 4.83. The molecule has 142 valence electrons. The monoisotopic (exact) mass is 389 g/mol. The number of nitrogens with zero attached hydrogens (tertiary/aromatic N) is 1. The second-order valence-electron chi connectivity index (χ2n) is 6.97. The van der Waals surface area contributed by atoms with Crippen LogP contribution in [0, 0.1) is 5.41 Å². The fourth-order valence-electron chi connectivity index (χ4n) is 3.65. The van der Waals surface area contributed by atoms with E-state index in [0.29, 0.717) is 18.0 Å². The van der Waals surface area contributed by atoms with Crippen LogP contribution in [-0.2, 0) is 21.2 Å². The number of ether oxygens (including phenoxy) is 1. The van der Waals surface area contributed by atoms with Crippen LogP contribution in [0.5, 0.6) is 0 Å². The van der Waals surface area contributed by atoms with Gasteiger partial charge in [0.25, 0.3) is 0 Å². The van der Waals surface area contributed by atoms with Crippen LogP contribution in [0.15, 0.2) is 23.1 Å². The molecule has 0 radical (unpaired) electrons. The minimum Gasteiger partial charge on any atom is -0.384 e. The molecule has 2 heterocycles. The van der Waals surface area contributed by atoms with E-state index in [1.54, 1.807) is 19.2 Å². The van der Waals surface area contributed by atoms with Crippen LogP contribution in [0.2, 0.25) is 0 Å². The van der Waals surface area contributed by atoms with Crippen molar-refractivity contribution in [2.24, 2.45) is 5.41 Å². The summed E-state index contributed by atoms with van der Waals surface area (Å²) in [7, 11) is 0.160. The first-order valence-electron chi connectivity index (χ1n) is 8.49. The number of methoxy groups -OCH3 is 1. The van der Waals surface area contributed by atoms with E-state index in [1.807, 2.05) is 13.1 Å². The first-order chi connectivity index (χ1) is 11.5. The summed E-state index contributed by atoms with van der Waals surface area (Å²) < 4.78 is 33.7. The number of fused-ring (bicyclic) bond motifs is 1. The molecule has 0 spiro atoms. The average Bonchev–Trinajstić information content (AvgIpc) is 2.95. The minimum absolute atomic E-state index is 0. The number of anilines is 1. The van der Waals surface area contributed by atoms with E-state index in [2.05, 4.69) is 14.9 Å².